The SMILES string of the molecule is C=C(C)c1ccccc1.C=C(c1ccccc1)C(C)C.C=C/C=C(\C=C/C)c1c2ccccc2c(-c2ccc(C(=C)C)cc2)c2ccccc12. The minimum atomic E-state index is 0.539. The van der Waals surface area contributed by atoms with Crippen LogP contribution < -0.4 is 0 Å². The predicted octanol–water partition coefficient (Wildman–Crippen LogP) is 14.9. The van der Waals surface area contributed by atoms with Crippen LogP contribution in [0.2, 0.25) is 0 Å². The Morgan fingerprint density at radius 2 is 0.960 bits per heavy atom. The molecule has 6 rings (SSSR count). The summed E-state index contributed by atoms with van der Waals surface area (Å²) in [5, 5.41) is 5.02. The Kier molecular flexibility index (Phi) is 13.5. The van der Waals surface area contributed by atoms with Crippen molar-refractivity contribution in [2.45, 2.75) is 34.6 Å². The smallest absolute Gasteiger partial charge is 0.00264 e. The molecule has 0 bridgehead atoms. The number of hydrogen-bond donors (Lipinski definition) is 0. The fraction of sp³-hybridized carbons (Fsp3) is 0.120. The van der Waals surface area contributed by atoms with E-state index < -0.39 is 0 Å². The standard InChI is InChI=1S/C30H26.C11H14.C9H10/c1-5-11-23(12-6-2)29-25-13-7-9-15-27(25)30(28-16-10-8-14-26(28)29)24-19-17-22(18-20-24)21(3)4;1-9(2)10(3)11-7-5-4-6-8-11;1-8(2)9-6-4-3-5-7-9/h5-20H,1,3H2,2,4H3;4-9H,3H2,1-2H3;3-7H,1H2,2H3/b12-6-,23-11+;;. The zero-order valence-electron chi connectivity index (χ0n) is 30.4. The van der Waals surface area contributed by atoms with Crippen LogP contribution in [0.1, 0.15) is 56.9 Å². The van der Waals surface area contributed by atoms with Gasteiger partial charge in [-0.05, 0) is 92.8 Å². The minimum Gasteiger partial charge on any atom is -0.0990 e. The number of allylic oxidation sites excluding steroid dienone is 8. The third kappa shape index (κ3) is 9.24. The van der Waals surface area contributed by atoms with Gasteiger partial charge in [-0.2, -0.15) is 0 Å². The summed E-state index contributed by atoms with van der Waals surface area (Å²) in [4.78, 5) is 0. The molecule has 0 saturated heterocycles. The van der Waals surface area contributed by atoms with E-state index >= 15 is 0 Å². The minimum absolute atomic E-state index is 0.539. The molecule has 0 heteroatoms. The summed E-state index contributed by atoms with van der Waals surface area (Å²) in [6.07, 6.45) is 8.21. The highest BCUT2D eigenvalue weighted by Gasteiger charge is 2.16. The van der Waals surface area contributed by atoms with Crippen molar-refractivity contribution in [2.75, 3.05) is 0 Å². The van der Waals surface area contributed by atoms with Gasteiger partial charge in [0, 0.05) is 0 Å². The lowest BCUT2D eigenvalue weighted by Gasteiger charge is -2.18. The van der Waals surface area contributed by atoms with Crippen LogP contribution in [0, 0.1) is 5.92 Å². The summed E-state index contributed by atoms with van der Waals surface area (Å²) in [6.45, 7) is 26.3. The lowest BCUT2D eigenvalue weighted by Crippen LogP contribution is -1.93. The predicted molar refractivity (Wildman–Crippen MR) is 226 cm³/mol. The normalized spacial score (nSPS) is 11.0. The summed E-state index contributed by atoms with van der Waals surface area (Å²) in [5.74, 6) is 0.539. The van der Waals surface area contributed by atoms with Crippen molar-refractivity contribution in [3.05, 3.63) is 206 Å². The molecule has 0 atom stereocenters. The first-order valence-electron chi connectivity index (χ1n) is 17.3. The van der Waals surface area contributed by atoms with E-state index in [1.54, 1.807) is 0 Å². The monoisotopic (exact) mass is 650 g/mol. The van der Waals surface area contributed by atoms with Gasteiger partial charge in [0.25, 0.3) is 0 Å². The fourth-order valence-corrected chi connectivity index (χ4v) is 5.91. The second-order valence-electron chi connectivity index (χ2n) is 12.7. The van der Waals surface area contributed by atoms with Gasteiger partial charge in [0.05, 0.1) is 0 Å². The van der Waals surface area contributed by atoms with Crippen LogP contribution in [0.3, 0.4) is 0 Å². The molecule has 0 amide bonds. The summed E-state index contributed by atoms with van der Waals surface area (Å²) in [6, 6.07) is 46.6. The zero-order valence-corrected chi connectivity index (χ0v) is 30.4. The van der Waals surface area contributed by atoms with E-state index in [4.69, 9.17) is 0 Å². The highest BCUT2D eigenvalue weighted by molar-refractivity contribution is 6.19. The van der Waals surface area contributed by atoms with E-state index in [2.05, 4.69) is 162 Å². The van der Waals surface area contributed by atoms with E-state index in [0.717, 1.165) is 11.1 Å². The summed E-state index contributed by atoms with van der Waals surface area (Å²) in [5.41, 5.74) is 12.0. The molecule has 6 aromatic rings. The van der Waals surface area contributed by atoms with Gasteiger partial charge in [0.15, 0.2) is 0 Å². The number of hydrogen-bond acceptors (Lipinski definition) is 0. The van der Waals surface area contributed by atoms with Crippen LogP contribution in [-0.4, -0.2) is 0 Å². The molecule has 6 aromatic carbocycles. The molecular weight excluding hydrogens is 601 g/mol. The van der Waals surface area contributed by atoms with Crippen LogP contribution in [0.25, 0.3) is 55.0 Å². The Bertz CT molecular complexity index is 2080. The maximum Gasteiger partial charge on any atom is -0.00264 e. The van der Waals surface area contributed by atoms with E-state index in [9.17, 15) is 0 Å². The molecule has 0 aromatic heterocycles. The second-order valence-corrected chi connectivity index (χ2v) is 12.7. The topological polar surface area (TPSA) is 0 Å². The van der Waals surface area contributed by atoms with E-state index in [1.807, 2.05) is 56.3 Å². The Balaban J connectivity index is 0.000000228. The van der Waals surface area contributed by atoms with Crippen molar-refractivity contribution < 1.29 is 0 Å². The highest BCUT2D eigenvalue weighted by Crippen LogP contribution is 2.42. The molecule has 0 aliphatic carbocycles. The van der Waals surface area contributed by atoms with Gasteiger partial charge >= 0.3 is 0 Å². The third-order valence-corrected chi connectivity index (χ3v) is 8.64. The van der Waals surface area contributed by atoms with Crippen LogP contribution in [0.5, 0.6) is 0 Å². The second kappa shape index (κ2) is 18.2. The van der Waals surface area contributed by atoms with Crippen LogP contribution in [0.15, 0.2) is 184 Å². The number of fused-ring (bicyclic) bond motifs is 2. The van der Waals surface area contributed by atoms with Gasteiger partial charge in [-0.1, -0.05) is 209 Å². The lowest BCUT2D eigenvalue weighted by molar-refractivity contribution is 0.858. The van der Waals surface area contributed by atoms with Crippen molar-refractivity contribution in [2.24, 2.45) is 5.92 Å². The quantitative estimate of drug-likeness (QED) is 0.114. The van der Waals surface area contributed by atoms with E-state index in [-0.39, 0.29) is 0 Å². The molecule has 0 unspecified atom stereocenters. The molecule has 0 saturated carbocycles. The van der Waals surface area contributed by atoms with E-state index in [0.29, 0.717) is 5.92 Å². The van der Waals surface area contributed by atoms with Crippen molar-refractivity contribution in [1.29, 1.82) is 0 Å². The van der Waals surface area contributed by atoms with Gasteiger partial charge in [0.1, 0.15) is 0 Å². The molecule has 50 heavy (non-hydrogen) atoms. The van der Waals surface area contributed by atoms with Gasteiger partial charge in [0.2, 0.25) is 0 Å². The molecule has 0 spiro atoms. The first-order valence-corrected chi connectivity index (χ1v) is 17.3. The highest BCUT2D eigenvalue weighted by atomic mass is 14.2. The molecule has 250 valence electrons. The first-order chi connectivity index (χ1) is 24.2. The van der Waals surface area contributed by atoms with Gasteiger partial charge in [-0.25, -0.2) is 0 Å². The fourth-order valence-electron chi connectivity index (χ4n) is 5.91. The average Bonchev–Trinajstić information content (AvgIpc) is 3.14. The summed E-state index contributed by atoms with van der Waals surface area (Å²) in [7, 11) is 0. The molecule has 0 aliphatic heterocycles. The first kappa shape index (κ1) is 37.1. The molecule has 0 N–H and O–H groups in total. The Labute approximate surface area is 300 Å². The van der Waals surface area contributed by atoms with Crippen LogP contribution in [0.4, 0.5) is 0 Å². The zero-order chi connectivity index (χ0) is 36.0. The van der Waals surface area contributed by atoms with Gasteiger partial charge < -0.3 is 0 Å². The Morgan fingerprint density at radius 3 is 1.36 bits per heavy atom. The van der Waals surface area contributed by atoms with Crippen molar-refractivity contribution >= 4 is 43.8 Å². The summed E-state index contributed by atoms with van der Waals surface area (Å²) < 4.78 is 0. The van der Waals surface area contributed by atoms with Crippen LogP contribution >= 0.6 is 0 Å². The molecule has 0 heterocycles. The van der Waals surface area contributed by atoms with E-state index in [1.165, 1.54) is 66.1 Å². The molecule has 0 aliphatic rings. The number of benzene rings is 6. The maximum absolute atomic E-state index is 4.07. The molecule has 0 radical (unpaired) electrons. The summed E-state index contributed by atoms with van der Waals surface area (Å²) >= 11 is 0. The Hall–Kier alpha value is -5.72. The third-order valence-electron chi connectivity index (χ3n) is 8.64. The average molecular weight is 651 g/mol. The largest absolute Gasteiger partial charge is 0.0990 e. The molecular formula is C50H50. The van der Waals surface area contributed by atoms with Gasteiger partial charge in [-0.3, -0.25) is 0 Å². The van der Waals surface area contributed by atoms with Crippen molar-refractivity contribution in [1.82, 2.24) is 0 Å². The maximum atomic E-state index is 4.07. The molecule has 0 nitrogen and oxygen atoms in total. The number of rotatable bonds is 8. The van der Waals surface area contributed by atoms with Crippen LogP contribution in [-0.2, 0) is 0 Å². The lowest BCUT2D eigenvalue weighted by atomic mass is 9.85. The van der Waals surface area contributed by atoms with Gasteiger partial charge in [-0.15, -0.1) is 0 Å². The van der Waals surface area contributed by atoms with Crippen molar-refractivity contribution in [3.8, 4) is 11.1 Å². The molecule has 0 fully saturated rings. The van der Waals surface area contributed by atoms with Crippen molar-refractivity contribution in [3.63, 3.8) is 0 Å². The Morgan fingerprint density at radius 1 is 0.540 bits per heavy atom.